The summed E-state index contributed by atoms with van der Waals surface area (Å²) in [7, 11) is 0. The van der Waals surface area contributed by atoms with Crippen molar-refractivity contribution in [3.05, 3.63) is 59.0 Å². The van der Waals surface area contributed by atoms with Crippen molar-refractivity contribution < 1.29 is 19.4 Å². The smallest absolute Gasteiger partial charge is 0.253 e. The quantitative estimate of drug-likeness (QED) is 0.788. The van der Waals surface area contributed by atoms with Crippen LogP contribution in [0.25, 0.3) is 0 Å². The monoisotopic (exact) mass is 303 g/mol. The van der Waals surface area contributed by atoms with Crippen LogP contribution in [-0.2, 0) is 10.4 Å². The molecule has 1 aromatic carbocycles. The summed E-state index contributed by atoms with van der Waals surface area (Å²) < 4.78 is 5.40. The molecule has 1 aromatic heterocycles. The van der Waals surface area contributed by atoms with Gasteiger partial charge in [-0.3, -0.25) is 4.79 Å². The van der Waals surface area contributed by atoms with Crippen LogP contribution in [0.2, 0.25) is 0 Å². The highest BCUT2D eigenvalue weighted by Crippen LogP contribution is 2.26. The van der Waals surface area contributed by atoms with E-state index in [0.717, 1.165) is 0 Å². The van der Waals surface area contributed by atoms with E-state index in [9.17, 15) is 15.0 Å². The summed E-state index contributed by atoms with van der Waals surface area (Å²) in [6.45, 7) is 5.14. The van der Waals surface area contributed by atoms with Gasteiger partial charge in [0.05, 0.1) is 6.54 Å². The van der Waals surface area contributed by atoms with Gasteiger partial charge >= 0.3 is 0 Å². The lowest BCUT2D eigenvalue weighted by molar-refractivity contribution is -0.130. The van der Waals surface area contributed by atoms with Crippen LogP contribution in [0.3, 0.4) is 0 Å². The highest BCUT2D eigenvalue weighted by atomic mass is 16.3. The fourth-order valence-electron chi connectivity index (χ4n) is 2.40. The summed E-state index contributed by atoms with van der Waals surface area (Å²) >= 11 is 0. The molecule has 0 aliphatic rings. The molecule has 22 heavy (non-hydrogen) atoms. The summed E-state index contributed by atoms with van der Waals surface area (Å²) in [5, 5.41) is 23.1. The van der Waals surface area contributed by atoms with E-state index in [-0.39, 0.29) is 6.54 Å². The van der Waals surface area contributed by atoms with Gasteiger partial charge in [-0.05, 0) is 32.4 Å². The Morgan fingerprint density at radius 2 is 1.95 bits per heavy atom. The van der Waals surface area contributed by atoms with Crippen molar-refractivity contribution in [1.82, 2.24) is 5.32 Å². The first-order valence-corrected chi connectivity index (χ1v) is 7.12. The van der Waals surface area contributed by atoms with Crippen molar-refractivity contribution >= 4 is 5.91 Å². The summed E-state index contributed by atoms with van der Waals surface area (Å²) in [5.74, 6) is 0.758. The van der Waals surface area contributed by atoms with Crippen molar-refractivity contribution in [2.75, 3.05) is 6.54 Å². The molecule has 5 heteroatoms. The second kappa shape index (κ2) is 6.34. The van der Waals surface area contributed by atoms with Gasteiger partial charge in [0.25, 0.3) is 5.91 Å². The van der Waals surface area contributed by atoms with Crippen LogP contribution < -0.4 is 5.32 Å². The van der Waals surface area contributed by atoms with Crippen molar-refractivity contribution in [2.45, 2.75) is 32.5 Å². The summed E-state index contributed by atoms with van der Waals surface area (Å²) in [4.78, 5) is 12.0. The van der Waals surface area contributed by atoms with E-state index < -0.39 is 17.6 Å². The topological polar surface area (TPSA) is 82.7 Å². The van der Waals surface area contributed by atoms with Gasteiger partial charge in [0.15, 0.2) is 6.10 Å². The molecule has 0 saturated heterocycles. The molecule has 0 aliphatic heterocycles. The molecule has 118 valence electrons. The fourth-order valence-corrected chi connectivity index (χ4v) is 2.40. The third kappa shape index (κ3) is 3.55. The number of amides is 1. The first-order chi connectivity index (χ1) is 10.3. The molecule has 1 heterocycles. The molecule has 0 saturated carbocycles. The summed E-state index contributed by atoms with van der Waals surface area (Å²) in [5.41, 5.74) is -0.136. The van der Waals surface area contributed by atoms with Gasteiger partial charge in [-0.1, -0.05) is 30.3 Å². The van der Waals surface area contributed by atoms with Gasteiger partial charge < -0.3 is 19.9 Å². The van der Waals surface area contributed by atoms with Crippen LogP contribution in [-0.4, -0.2) is 22.7 Å². The Labute approximate surface area is 129 Å². The average molecular weight is 303 g/mol. The van der Waals surface area contributed by atoms with Crippen LogP contribution in [0.1, 0.15) is 35.7 Å². The van der Waals surface area contributed by atoms with E-state index in [1.54, 1.807) is 51.1 Å². The minimum atomic E-state index is -1.27. The minimum Gasteiger partial charge on any atom is -0.466 e. The Hall–Kier alpha value is -2.11. The first-order valence-electron chi connectivity index (χ1n) is 7.12. The largest absolute Gasteiger partial charge is 0.466 e. The fraction of sp³-hybridized carbons (Fsp3) is 0.353. The van der Waals surface area contributed by atoms with Crippen molar-refractivity contribution in [3.8, 4) is 0 Å². The molecule has 1 amide bonds. The second-order valence-electron chi connectivity index (χ2n) is 5.63. The lowest BCUT2D eigenvalue weighted by Gasteiger charge is -2.24. The molecule has 0 radical (unpaired) electrons. The molecule has 5 nitrogen and oxygen atoms in total. The van der Waals surface area contributed by atoms with E-state index in [0.29, 0.717) is 22.6 Å². The minimum absolute atomic E-state index is 0.0183. The zero-order chi connectivity index (χ0) is 16.3. The van der Waals surface area contributed by atoms with Crippen molar-refractivity contribution in [3.63, 3.8) is 0 Å². The maximum atomic E-state index is 12.0. The Morgan fingerprint density at radius 1 is 1.32 bits per heavy atom. The lowest BCUT2D eigenvalue weighted by atomic mass is 9.96. The summed E-state index contributed by atoms with van der Waals surface area (Å²) in [6.07, 6.45) is -1.26. The average Bonchev–Trinajstić information content (AvgIpc) is 2.84. The third-order valence-corrected chi connectivity index (χ3v) is 3.59. The molecular weight excluding hydrogens is 282 g/mol. The SMILES string of the molecule is Cc1cc(C(C)(O)CNC(=O)[C@H](O)c2ccccc2)c(C)o1. The van der Waals surface area contributed by atoms with Crippen LogP contribution in [0.4, 0.5) is 0 Å². The van der Waals surface area contributed by atoms with Crippen LogP contribution >= 0.6 is 0 Å². The Morgan fingerprint density at radius 3 is 2.50 bits per heavy atom. The van der Waals surface area contributed by atoms with E-state index in [2.05, 4.69) is 5.32 Å². The number of carbonyl (C=O) groups is 1. The molecular formula is C17H21NO4. The maximum absolute atomic E-state index is 12.0. The second-order valence-corrected chi connectivity index (χ2v) is 5.63. The van der Waals surface area contributed by atoms with E-state index in [1.807, 2.05) is 6.07 Å². The molecule has 3 N–H and O–H groups in total. The van der Waals surface area contributed by atoms with Gasteiger partial charge in [-0.25, -0.2) is 0 Å². The van der Waals surface area contributed by atoms with Gasteiger partial charge in [-0.15, -0.1) is 0 Å². The Kier molecular flexibility index (Phi) is 4.68. The number of hydrogen-bond acceptors (Lipinski definition) is 4. The number of aliphatic hydroxyl groups is 2. The standard InChI is InChI=1S/C17H21NO4/c1-11-9-14(12(2)22-11)17(3,21)10-18-16(20)15(19)13-7-5-4-6-8-13/h4-9,15,19,21H,10H2,1-3H3,(H,18,20)/t15-,17?/m1/s1. The predicted octanol–water partition coefficient (Wildman–Crippen LogP) is 1.95. The van der Waals surface area contributed by atoms with E-state index >= 15 is 0 Å². The van der Waals surface area contributed by atoms with Crippen LogP contribution in [0.15, 0.2) is 40.8 Å². The van der Waals surface area contributed by atoms with Gasteiger partial charge in [0, 0.05) is 5.56 Å². The first kappa shape index (κ1) is 16.3. The van der Waals surface area contributed by atoms with Crippen molar-refractivity contribution in [1.29, 1.82) is 0 Å². The summed E-state index contributed by atoms with van der Waals surface area (Å²) in [6, 6.07) is 10.4. The normalized spacial score (nSPS) is 15.1. The van der Waals surface area contributed by atoms with Gasteiger partial charge in [0.2, 0.25) is 0 Å². The molecule has 0 fully saturated rings. The zero-order valence-corrected chi connectivity index (χ0v) is 13.0. The number of hydrogen-bond donors (Lipinski definition) is 3. The highest BCUT2D eigenvalue weighted by Gasteiger charge is 2.29. The molecule has 2 atom stereocenters. The van der Waals surface area contributed by atoms with E-state index in [1.165, 1.54) is 0 Å². The highest BCUT2D eigenvalue weighted by molar-refractivity contribution is 5.81. The molecule has 1 unspecified atom stereocenters. The predicted molar refractivity (Wildman–Crippen MR) is 82.2 cm³/mol. The number of nitrogens with one attached hydrogen (secondary N) is 1. The number of furan rings is 1. The number of rotatable bonds is 5. The van der Waals surface area contributed by atoms with Gasteiger partial charge in [0.1, 0.15) is 17.1 Å². The molecule has 0 spiro atoms. The number of aliphatic hydroxyl groups excluding tert-OH is 1. The molecule has 0 bridgehead atoms. The number of aryl methyl sites for hydroxylation is 2. The Bertz CT molecular complexity index is 646. The molecule has 0 aliphatic carbocycles. The number of carbonyl (C=O) groups excluding carboxylic acids is 1. The maximum Gasteiger partial charge on any atom is 0.253 e. The van der Waals surface area contributed by atoms with Gasteiger partial charge in [-0.2, -0.15) is 0 Å². The van der Waals surface area contributed by atoms with Crippen LogP contribution in [0.5, 0.6) is 0 Å². The molecule has 2 aromatic rings. The van der Waals surface area contributed by atoms with E-state index in [4.69, 9.17) is 4.42 Å². The zero-order valence-electron chi connectivity index (χ0n) is 13.0. The number of benzene rings is 1. The molecule has 2 rings (SSSR count). The van der Waals surface area contributed by atoms with Crippen LogP contribution in [0, 0.1) is 13.8 Å². The third-order valence-electron chi connectivity index (χ3n) is 3.59. The Balaban J connectivity index is 2.02. The van der Waals surface area contributed by atoms with Crippen molar-refractivity contribution in [2.24, 2.45) is 0 Å². The lowest BCUT2D eigenvalue weighted by Crippen LogP contribution is -2.40.